The van der Waals surface area contributed by atoms with Crippen LogP contribution in [0, 0.1) is 5.82 Å². The second-order valence-electron chi connectivity index (χ2n) is 5.10. The summed E-state index contributed by atoms with van der Waals surface area (Å²) in [6.07, 6.45) is 1.01. The number of carboxylic acids is 1. The van der Waals surface area contributed by atoms with Crippen LogP contribution >= 0.6 is 0 Å². The molecule has 1 aromatic rings. The first-order chi connectivity index (χ1) is 9.99. The summed E-state index contributed by atoms with van der Waals surface area (Å²) < 4.78 is 19.3. The molecule has 21 heavy (non-hydrogen) atoms. The quantitative estimate of drug-likeness (QED) is 0.732. The third-order valence-electron chi connectivity index (χ3n) is 3.25. The van der Waals surface area contributed by atoms with Gasteiger partial charge in [0.05, 0.1) is 0 Å². The van der Waals surface area contributed by atoms with Gasteiger partial charge in [-0.25, -0.2) is 9.18 Å². The standard InChI is InChI=1S/C16H24FNO3/c1-4-6-15(16(19)20)21-14-8-7-12(10-13(14)17)11(3)18-9-5-2/h7-8,10-11,15,18H,4-6,9H2,1-3H3,(H,19,20). The largest absolute Gasteiger partial charge is 0.479 e. The average molecular weight is 297 g/mol. The Hall–Kier alpha value is -1.62. The minimum absolute atomic E-state index is 0.0118. The highest BCUT2D eigenvalue weighted by atomic mass is 19.1. The van der Waals surface area contributed by atoms with E-state index in [4.69, 9.17) is 9.84 Å². The lowest BCUT2D eigenvalue weighted by atomic mass is 10.1. The summed E-state index contributed by atoms with van der Waals surface area (Å²) in [5.74, 6) is -1.61. The van der Waals surface area contributed by atoms with Crippen molar-refractivity contribution in [2.45, 2.75) is 52.2 Å². The van der Waals surface area contributed by atoms with Crippen LogP contribution < -0.4 is 10.1 Å². The van der Waals surface area contributed by atoms with Gasteiger partial charge >= 0.3 is 5.97 Å². The molecule has 0 aliphatic rings. The Kier molecular flexibility index (Phi) is 7.15. The van der Waals surface area contributed by atoms with Crippen LogP contribution in [0.1, 0.15) is 51.6 Å². The third kappa shape index (κ3) is 5.34. The lowest BCUT2D eigenvalue weighted by Crippen LogP contribution is -2.27. The van der Waals surface area contributed by atoms with E-state index in [-0.39, 0.29) is 11.8 Å². The topological polar surface area (TPSA) is 58.6 Å². The molecule has 0 heterocycles. The summed E-state index contributed by atoms with van der Waals surface area (Å²) in [7, 11) is 0. The van der Waals surface area contributed by atoms with E-state index in [2.05, 4.69) is 12.2 Å². The van der Waals surface area contributed by atoms with Gasteiger partial charge in [-0.3, -0.25) is 0 Å². The predicted octanol–water partition coefficient (Wildman–Crippen LogP) is 3.52. The molecule has 0 aliphatic heterocycles. The molecule has 1 rings (SSSR count). The predicted molar refractivity (Wildman–Crippen MR) is 80.1 cm³/mol. The van der Waals surface area contributed by atoms with Crippen LogP contribution in [0.2, 0.25) is 0 Å². The van der Waals surface area contributed by atoms with E-state index < -0.39 is 17.9 Å². The smallest absolute Gasteiger partial charge is 0.344 e. The lowest BCUT2D eigenvalue weighted by molar-refractivity contribution is -0.145. The summed E-state index contributed by atoms with van der Waals surface area (Å²) in [6, 6.07) is 4.70. The van der Waals surface area contributed by atoms with Crippen LogP contribution in [0.5, 0.6) is 5.75 Å². The maximum absolute atomic E-state index is 14.1. The highest BCUT2D eigenvalue weighted by Gasteiger charge is 2.20. The Bertz CT molecular complexity index is 465. The Labute approximate surface area is 125 Å². The van der Waals surface area contributed by atoms with Crippen LogP contribution in [-0.4, -0.2) is 23.7 Å². The fourth-order valence-corrected chi connectivity index (χ4v) is 2.01. The summed E-state index contributed by atoms with van der Waals surface area (Å²) in [5, 5.41) is 12.3. The van der Waals surface area contributed by atoms with Crippen molar-refractivity contribution >= 4 is 5.97 Å². The SMILES string of the molecule is CCCNC(C)c1ccc(OC(CCC)C(=O)O)c(F)c1. The molecule has 1 aromatic carbocycles. The normalized spacial score (nSPS) is 13.7. The fourth-order valence-electron chi connectivity index (χ4n) is 2.01. The Morgan fingerprint density at radius 2 is 2.10 bits per heavy atom. The number of carboxylic acid groups (broad SMARTS) is 1. The molecule has 0 spiro atoms. The van der Waals surface area contributed by atoms with Crippen molar-refractivity contribution in [3.8, 4) is 5.75 Å². The Morgan fingerprint density at radius 1 is 1.38 bits per heavy atom. The van der Waals surface area contributed by atoms with E-state index in [1.54, 1.807) is 6.07 Å². The number of benzene rings is 1. The van der Waals surface area contributed by atoms with E-state index >= 15 is 0 Å². The first-order valence-corrected chi connectivity index (χ1v) is 7.41. The van der Waals surface area contributed by atoms with Gasteiger partial charge in [0.2, 0.25) is 0 Å². The number of ether oxygens (including phenoxy) is 1. The van der Waals surface area contributed by atoms with Crippen molar-refractivity contribution in [3.63, 3.8) is 0 Å². The van der Waals surface area contributed by atoms with Gasteiger partial charge < -0.3 is 15.2 Å². The number of nitrogens with one attached hydrogen (secondary N) is 1. The molecule has 0 aliphatic carbocycles. The molecule has 2 unspecified atom stereocenters. The molecule has 0 saturated carbocycles. The highest BCUT2D eigenvalue weighted by molar-refractivity contribution is 5.72. The molecule has 2 N–H and O–H groups in total. The molecule has 0 amide bonds. The van der Waals surface area contributed by atoms with Crippen molar-refractivity contribution in [1.29, 1.82) is 0 Å². The number of carbonyl (C=O) groups is 1. The van der Waals surface area contributed by atoms with Gasteiger partial charge in [0.1, 0.15) is 0 Å². The summed E-state index contributed by atoms with van der Waals surface area (Å²) >= 11 is 0. The molecule has 5 heteroatoms. The van der Waals surface area contributed by atoms with Crippen molar-refractivity contribution in [2.24, 2.45) is 0 Å². The molecule has 0 fully saturated rings. The van der Waals surface area contributed by atoms with Gasteiger partial charge in [0.25, 0.3) is 0 Å². The lowest BCUT2D eigenvalue weighted by Gasteiger charge is -2.17. The zero-order valence-corrected chi connectivity index (χ0v) is 12.9. The van der Waals surface area contributed by atoms with E-state index in [9.17, 15) is 9.18 Å². The van der Waals surface area contributed by atoms with Crippen molar-refractivity contribution in [1.82, 2.24) is 5.32 Å². The molecule has 0 saturated heterocycles. The zero-order chi connectivity index (χ0) is 15.8. The monoisotopic (exact) mass is 297 g/mol. The van der Waals surface area contributed by atoms with Gasteiger partial charge in [-0.15, -0.1) is 0 Å². The minimum Gasteiger partial charge on any atom is -0.479 e. The van der Waals surface area contributed by atoms with Crippen LogP contribution in [0.15, 0.2) is 18.2 Å². The summed E-state index contributed by atoms with van der Waals surface area (Å²) in [6.45, 7) is 6.75. The zero-order valence-electron chi connectivity index (χ0n) is 12.9. The Balaban J connectivity index is 2.79. The average Bonchev–Trinajstić information content (AvgIpc) is 2.45. The van der Waals surface area contributed by atoms with Crippen LogP contribution in [0.3, 0.4) is 0 Å². The fraction of sp³-hybridized carbons (Fsp3) is 0.562. The number of hydrogen-bond donors (Lipinski definition) is 2. The Morgan fingerprint density at radius 3 is 2.62 bits per heavy atom. The third-order valence-corrected chi connectivity index (χ3v) is 3.25. The summed E-state index contributed by atoms with van der Waals surface area (Å²) in [5.41, 5.74) is 0.815. The number of halogens is 1. The molecule has 118 valence electrons. The molecule has 0 bridgehead atoms. The molecule has 2 atom stereocenters. The van der Waals surface area contributed by atoms with Crippen molar-refractivity contribution in [3.05, 3.63) is 29.6 Å². The van der Waals surface area contributed by atoms with Crippen LogP contribution in [-0.2, 0) is 4.79 Å². The number of aliphatic carboxylic acids is 1. The van der Waals surface area contributed by atoms with Crippen LogP contribution in [0.25, 0.3) is 0 Å². The second kappa shape index (κ2) is 8.62. The van der Waals surface area contributed by atoms with Crippen molar-refractivity contribution < 1.29 is 19.0 Å². The second-order valence-corrected chi connectivity index (χ2v) is 5.10. The van der Waals surface area contributed by atoms with Crippen molar-refractivity contribution in [2.75, 3.05) is 6.54 Å². The number of rotatable bonds is 9. The van der Waals surface area contributed by atoms with E-state index in [1.807, 2.05) is 13.8 Å². The minimum atomic E-state index is -1.07. The first kappa shape index (κ1) is 17.4. The molecular formula is C16H24FNO3. The molecule has 0 aromatic heterocycles. The first-order valence-electron chi connectivity index (χ1n) is 7.41. The van der Waals surface area contributed by atoms with Gasteiger partial charge in [0, 0.05) is 6.04 Å². The molecular weight excluding hydrogens is 273 g/mol. The maximum Gasteiger partial charge on any atom is 0.344 e. The molecule has 4 nitrogen and oxygen atoms in total. The number of hydrogen-bond acceptors (Lipinski definition) is 3. The maximum atomic E-state index is 14.1. The van der Waals surface area contributed by atoms with E-state index in [0.29, 0.717) is 12.8 Å². The van der Waals surface area contributed by atoms with Crippen LogP contribution in [0.4, 0.5) is 4.39 Å². The highest BCUT2D eigenvalue weighted by Crippen LogP contribution is 2.24. The summed E-state index contributed by atoms with van der Waals surface area (Å²) in [4.78, 5) is 11.0. The van der Waals surface area contributed by atoms with Gasteiger partial charge in [-0.1, -0.05) is 26.3 Å². The van der Waals surface area contributed by atoms with Gasteiger partial charge in [-0.05, 0) is 44.0 Å². The van der Waals surface area contributed by atoms with E-state index in [1.165, 1.54) is 12.1 Å². The van der Waals surface area contributed by atoms with Gasteiger partial charge in [-0.2, -0.15) is 0 Å². The van der Waals surface area contributed by atoms with Gasteiger partial charge in [0.15, 0.2) is 17.7 Å². The molecule has 0 radical (unpaired) electrons. The van der Waals surface area contributed by atoms with E-state index in [0.717, 1.165) is 18.5 Å².